The number of nitrogens with one attached hydrogen (secondary N) is 1. The van der Waals surface area contributed by atoms with Crippen LogP contribution in [0, 0.1) is 12.8 Å². The molecule has 28 heavy (non-hydrogen) atoms. The van der Waals surface area contributed by atoms with Gasteiger partial charge in [-0.25, -0.2) is 0 Å². The first kappa shape index (κ1) is 20.2. The first-order chi connectivity index (χ1) is 13.4. The highest BCUT2D eigenvalue weighted by Crippen LogP contribution is 2.24. The molecule has 0 unspecified atom stereocenters. The van der Waals surface area contributed by atoms with Crippen LogP contribution in [-0.4, -0.2) is 34.0 Å². The first-order valence-corrected chi connectivity index (χ1v) is 10.5. The van der Waals surface area contributed by atoms with Crippen molar-refractivity contribution in [1.29, 1.82) is 0 Å². The predicted molar refractivity (Wildman–Crippen MR) is 108 cm³/mol. The Kier molecular flexibility index (Phi) is 6.24. The average molecular weight is 400 g/mol. The van der Waals surface area contributed by atoms with Crippen molar-refractivity contribution in [2.75, 3.05) is 6.54 Å². The second-order valence-corrected chi connectivity index (χ2v) is 7.95. The normalized spacial score (nSPS) is 14.3. The summed E-state index contributed by atoms with van der Waals surface area (Å²) in [6.07, 6.45) is 3.09. The molecule has 1 aliphatic heterocycles. The number of carbonyl (C=O) groups is 3. The van der Waals surface area contributed by atoms with Crippen molar-refractivity contribution in [3.63, 3.8) is 0 Å². The van der Waals surface area contributed by atoms with E-state index < -0.39 is 5.91 Å². The van der Waals surface area contributed by atoms with Crippen molar-refractivity contribution in [2.24, 2.45) is 5.92 Å². The molecule has 2 amide bonds. The minimum absolute atomic E-state index is 0.106. The van der Waals surface area contributed by atoms with Gasteiger partial charge in [0.15, 0.2) is 0 Å². The number of Topliss-reactive ketones (excluding diaryl/α,β-unsaturated/α-hetero) is 1. The van der Waals surface area contributed by atoms with E-state index in [2.05, 4.69) is 10.3 Å². The van der Waals surface area contributed by atoms with Gasteiger partial charge in [0.05, 0.1) is 0 Å². The highest BCUT2D eigenvalue weighted by atomic mass is 32.1. The zero-order valence-corrected chi connectivity index (χ0v) is 17.3. The molecule has 0 radical (unpaired) electrons. The maximum absolute atomic E-state index is 12.5. The van der Waals surface area contributed by atoms with Crippen molar-refractivity contribution in [1.82, 2.24) is 15.2 Å². The lowest BCUT2D eigenvalue weighted by Gasteiger charge is -2.30. The Morgan fingerprint density at radius 2 is 2.14 bits per heavy atom. The number of hydrogen-bond acceptors (Lipinski definition) is 5. The summed E-state index contributed by atoms with van der Waals surface area (Å²) in [4.78, 5) is 43.1. The minimum Gasteiger partial charge on any atom is -0.348 e. The van der Waals surface area contributed by atoms with Gasteiger partial charge in [0.1, 0.15) is 0 Å². The number of nitrogens with zero attached hydrogens (tertiary/aromatic N) is 2. The lowest BCUT2D eigenvalue weighted by atomic mass is 9.94. The Morgan fingerprint density at radius 3 is 2.82 bits per heavy atom. The molecule has 0 spiro atoms. The SMILES string of the molecule is CC[C@@H](C)C(=O)C(=O)N1CCc2c(cnc(C)c2CNC(=O)c2ccsc2)C1. The summed E-state index contributed by atoms with van der Waals surface area (Å²) >= 11 is 1.49. The molecule has 2 aromatic heterocycles. The van der Waals surface area contributed by atoms with Gasteiger partial charge in [-0.05, 0) is 47.9 Å². The van der Waals surface area contributed by atoms with E-state index in [9.17, 15) is 14.4 Å². The summed E-state index contributed by atoms with van der Waals surface area (Å²) < 4.78 is 0. The van der Waals surface area contributed by atoms with E-state index in [-0.39, 0.29) is 17.6 Å². The van der Waals surface area contributed by atoms with Gasteiger partial charge in [0.25, 0.3) is 11.8 Å². The number of amides is 2. The van der Waals surface area contributed by atoms with Gasteiger partial charge in [0, 0.05) is 48.4 Å². The standard InChI is InChI=1S/C21H25N3O3S/c1-4-13(2)19(25)21(27)24-7-5-17-16(11-24)9-22-14(3)18(17)10-23-20(26)15-6-8-28-12-15/h6,8-9,12-13H,4-5,7,10-11H2,1-3H3,(H,23,26)/t13-/m1/s1. The monoisotopic (exact) mass is 399 g/mol. The molecule has 7 heteroatoms. The van der Waals surface area contributed by atoms with E-state index in [1.165, 1.54) is 11.3 Å². The van der Waals surface area contributed by atoms with Gasteiger partial charge in [-0.3, -0.25) is 19.4 Å². The molecule has 0 fully saturated rings. The summed E-state index contributed by atoms with van der Waals surface area (Å²) in [6.45, 7) is 6.91. The molecule has 1 aliphatic rings. The van der Waals surface area contributed by atoms with E-state index in [0.717, 1.165) is 22.4 Å². The van der Waals surface area contributed by atoms with Crippen LogP contribution in [0.1, 0.15) is 53.0 Å². The molecule has 1 N–H and O–H groups in total. The number of pyridine rings is 1. The molecule has 2 aromatic rings. The molecule has 6 nitrogen and oxygen atoms in total. The third kappa shape index (κ3) is 4.14. The molecule has 0 bridgehead atoms. The van der Waals surface area contributed by atoms with Crippen LogP contribution in [0.3, 0.4) is 0 Å². The third-order valence-electron chi connectivity index (χ3n) is 5.36. The van der Waals surface area contributed by atoms with Crippen LogP contribution in [0.15, 0.2) is 23.0 Å². The van der Waals surface area contributed by atoms with Crippen LogP contribution in [0.2, 0.25) is 0 Å². The average Bonchev–Trinajstić information content (AvgIpc) is 3.25. The molecule has 0 aliphatic carbocycles. The number of fused-ring (bicyclic) bond motifs is 1. The number of ketones is 1. The fraction of sp³-hybridized carbons (Fsp3) is 0.429. The quantitative estimate of drug-likeness (QED) is 0.758. The van der Waals surface area contributed by atoms with E-state index >= 15 is 0 Å². The number of aromatic nitrogens is 1. The molecular formula is C21H25N3O3S. The van der Waals surface area contributed by atoms with Gasteiger partial charge in [-0.2, -0.15) is 11.3 Å². The zero-order valence-electron chi connectivity index (χ0n) is 16.4. The van der Waals surface area contributed by atoms with Gasteiger partial charge in [-0.15, -0.1) is 0 Å². The third-order valence-corrected chi connectivity index (χ3v) is 6.05. The maximum Gasteiger partial charge on any atom is 0.290 e. The summed E-state index contributed by atoms with van der Waals surface area (Å²) in [5.41, 5.74) is 4.60. The van der Waals surface area contributed by atoms with Crippen molar-refractivity contribution in [2.45, 2.75) is 46.7 Å². The van der Waals surface area contributed by atoms with Gasteiger partial charge in [-0.1, -0.05) is 13.8 Å². The fourth-order valence-corrected chi connectivity index (χ4v) is 3.98. The molecule has 3 rings (SSSR count). The fourth-order valence-electron chi connectivity index (χ4n) is 3.35. The van der Waals surface area contributed by atoms with Crippen LogP contribution in [-0.2, 0) is 29.1 Å². The molecule has 148 valence electrons. The summed E-state index contributed by atoms with van der Waals surface area (Å²) in [5, 5.41) is 6.65. The van der Waals surface area contributed by atoms with Crippen molar-refractivity contribution in [3.8, 4) is 0 Å². The van der Waals surface area contributed by atoms with Crippen LogP contribution >= 0.6 is 11.3 Å². The molecule has 1 atom stereocenters. The Morgan fingerprint density at radius 1 is 1.36 bits per heavy atom. The Labute approximate surface area is 169 Å². The van der Waals surface area contributed by atoms with Crippen LogP contribution < -0.4 is 5.32 Å². The molecule has 0 aromatic carbocycles. The second kappa shape index (κ2) is 8.65. The first-order valence-electron chi connectivity index (χ1n) is 9.52. The van der Waals surface area contributed by atoms with E-state index in [1.54, 1.807) is 24.1 Å². The number of rotatable bonds is 6. The molecule has 0 saturated heterocycles. The predicted octanol–water partition coefficient (Wildman–Crippen LogP) is 2.88. The van der Waals surface area contributed by atoms with Gasteiger partial charge in [0.2, 0.25) is 5.78 Å². The summed E-state index contributed by atoms with van der Waals surface area (Å²) in [7, 11) is 0. The topological polar surface area (TPSA) is 79.4 Å². The van der Waals surface area contributed by atoms with Gasteiger partial charge < -0.3 is 10.2 Å². The Hall–Kier alpha value is -2.54. The number of hydrogen-bond donors (Lipinski definition) is 1. The van der Waals surface area contributed by atoms with E-state index in [0.29, 0.717) is 38.0 Å². The Balaban J connectivity index is 1.74. The lowest BCUT2D eigenvalue weighted by Crippen LogP contribution is -2.42. The highest BCUT2D eigenvalue weighted by molar-refractivity contribution is 7.08. The summed E-state index contributed by atoms with van der Waals surface area (Å²) in [5.74, 6) is -1.10. The number of thiophene rings is 1. The number of aryl methyl sites for hydroxylation is 1. The largest absolute Gasteiger partial charge is 0.348 e. The zero-order chi connectivity index (χ0) is 20.3. The second-order valence-electron chi connectivity index (χ2n) is 7.17. The van der Waals surface area contributed by atoms with E-state index in [1.807, 2.05) is 24.6 Å². The Bertz CT molecular complexity index is 893. The number of carbonyl (C=O) groups excluding carboxylic acids is 3. The smallest absolute Gasteiger partial charge is 0.290 e. The maximum atomic E-state index is 12.5. The minimum atomic E-state index is -0.409. The molecule has 0 saturated carbocycles. The highest BCUT2D eigenvalue weighted by Gasteiger charge is 2.29. The lowest BCUT2D eigenvalue weighted by molar-refractivity contribution is -0.147. The van der Waals surface area contributed by atoms with E-state index in [4.69, 9.17) is 0 Å². The summed E-state index contributed by atoms with van der Waals surface area (Å²) in [6, 6.07) is 1.80. The van der Waals surface area contributed by atoms with Crippen LogP contribution in [0.5, 0.6) is 0 Å². The molecular weight excluding hydrogens is 374 g/mol. The van der Waals surface area contributed by atoms with Crippen molar-refractivity contribution in [3.05, 3.63) is 51.0 Å². The van der Waals surface area contributed by atoms with Crippen molar-refractivity contribution >= 4 is 28.9 Å². The molecule has 3 heterocycles. The van der Waals surface area contributed by atoms with Gasteiger partial charge >= 0.3 is 0 Å². The van der Waals surface area contributed by atoms with Crippen molar-refractivity contribution < 1.29 is 14.4 Å². The van der Waals surface area contributed by atoms with Crippen LogP contribution in [0.4, 0.5) is 0 Å². The van der Waals surface area contributed by atoms with Crippen LogP contribution in [0.25, 0.3) is 0 Å².